The summed E-state index contributed by atoms with van der Waals surface area (Å²) in [5.41, 5.74) is 0.803. The Morgan fingerprint density at radius 2 is 2.35 bits per heavy atom. The van der Waals surface area contributed by atoms with E-state index in [2.05, 4.69) is 11.4 Å². The summed E-state index contributed by atoms with van der Waals surface area (Å²) in [6.07, 6.45) is 1.36. The van der Waals surface area contributed by atoms with Gasteiger partial charge in [-0.25, -0.2) is 0 Å². The molecule has 4 heteroatoms. The van der Waals surface area contributed by atoms with Gasteiger partial charge in [0.05, 0.1) is 11.6 Å². The zero-order valence-corrected chi connectivity index (χ0v) is 9.91. The molecule has 1 unspecified atom stereocenters. The van der Waals surface area contributed by atoms with Gasteiger partial charge < -0.3 is 10.1 Å². The zero-order valence-electron chi connectivity index (χ0n) is 9.91. The van der Waals surface area contributed by atoms with Crippen LogP contribution in [0.15, 0.2) is 18.2 Å². The van der Waals surface area contributed by atoms with Crippen molar-refractivity contribution < 1.29 is 9.53 Å². The Morgan fingerprint density at radius 1 is 1.59 bits per heavy atom. The number of nitriles is 1. The van der Waals surface area contributed by atoms with Crippen LogP contribution in [0.5, 0.6) is 5.75 Å². The second-order valence-electron chi connectivity index (χ2n) is 4.35. The number of ether oxygens (including phenoxy) is 1. The highest BCUT2D eigenvalue weighted by Crippen LogP contribution is 2.33. The van der Waals surface area contributed by atoms with Crippen molar-refractivity contribution in [3.05, 3.63) is 29.3 Å². The van der Waals surface area contributed by atoms with E-state index < -0.39 is 5.60 Å². The summed E-state index contributed by atoms with van der Waals surface area (Å²) in [7, 11) is 1.60. The van der Waals surface area contributed by atoms with Crippen molar-refractivity contribution in [3.63, 3.8) is 0 Å². The third-order valence-corrected chi connectivity index (χ3v) is 3.10. The van der Waals surface area contributed by atoms with E-state index in [0.29, 0.717) is 17.7 Å². The number of amides is 1. The summed E-state index contributed by atoms with van der Waals surface area (Å²) in [6, 6.07) is 7.38. The van der Waals surface area contributed by atoms with Crippen molar-refractivity contribution in [1.29, 1.82) is 5.26 Å². The molecule has 0 bridgehead atoms. The quantitative estimate of drug-likeness (QED) is 0.793. The Bertz CT molecular complexity index is 505. The first kappa shape index (κ1) is 11.5. The van der Waals surface area contributed by atoms with Gasteiger partial charge in [-0.3, -0.25) is 4.79 Å². The van der Waals surface area contributed by atoms with Crippen LogP contribution >= 0.6 is 0 Å². The van der Waals surface area contributed by atoms with Gasteiger partial charge in [0.2, 0.25) is 0 Å². The predicted octanol–water partition coefficient (Wildman–Crippen LogP) is 1.39. The molecule has 1 N–H and O–H groups in total. The lowest BCUT2D eigenvalue weighted by molar-refractivity contribution is -0.136. The van der Waals surface area contributed by atoms with Crippen molar-refractivity contribution >= 4 is 5.91 Å². The van der Waals surface area contributed by atoms with E-state index in [4.69, 9.17) is 10.00 Å². The Kier molecular flexibility index (Phi) is 2.76. The van der Waals surface area contributed by atoms with Crippen LogP contribution < -0.4 is 10.1 Å². The highest BCUT2D eigenvalue weighted by molar-refractivity contribution is 5.85. The van der Waals surface area contributed by atoms with Crippen LogP contribution in [0.1, 0.15) is 24.5 Å². The smallest absolute Gasteiger partial charge is 0.263 e. The molecule has 2 rings (SSSR count). The summed E-state index contributed by atoms with van der Waals surface area (Å²) in [4.78, 5) is 11.7. The summed E-state index contributed by atoms with van der Waals surface area (Å²) in [5.74, 6) is 0.578. The second-order valence-corrected chi connectivity index (χ2v) is 4.35. The van der Waals surface area contributed by atoms with Crippen LogP contribution in [0.3, 0.4) is 0 Å². The minimum absolute atomic E-state index is 0.118. The first-order chi connectivity index (χ1) is 8.09. The number of likely N-dealkylation sites (N-methyl/N-ethyl adjacent to an activating group) is 1. The molecule has 1 heterocycles. The molecule has 1 aromatic carbocycles. The number of rotatable bonds is 1. The van der Waals surface area contributed by atoms with Gasteiger partial charge in [-0.05, 0) is 37.1 Å². The van der Waals surface area contributed by atoms with Gasteiger partial charge in [0, 0.05) is 13.5 Å². The average Bonchev–Trinajstić information content (AvgIpc) is 2.37. The molecule has 1 atom stereocenters. The van der Waals surface area contributed by atoms with Gasteiger partial charge >= 0.3 is 0 Å². The van der Waals surface area contributed by atoms with Gasteiger partial charge in [0.1, 0.15) is 5.75 Å². The van der Waals surface area contributed by atoms with Gasteiger partial charge in [-0.2, -0.15) is 5.26 Å². The Hall–Kier alpha value is -2.02. The third kappa shape index (κ3) is 1.96. The number of fused-ring (bicyclic) bond motifs is 1. The molecular weight excluding hydrogens is 216 g/mol. The molecule has 0 spiro atoms. The van der Waals surface area contributed by atoms with Crippen LogP contribution in [0.4, 0.5) is 0 Å². The monoisotopic (exact) mass is 230 g/mol. The normalized spacial score (nSPS) is 21.9. The summed E-state index contributed by atoms with van der Waals surface area (Å²) in [5, 5.41) is 11.4. The Morgan fingerprint density at radius 3 is 3.00 bits per heavy atom. The Balaban J connectivity index is 2.32. The van der Waals surface area contributed by atoms with E-state index in [9.17, 15) is 4.79 Å². The van der Waals surface area contributed by atoms with E-state index in [-0.39, 0.29) is 5.91 Å². The number of benzene rings is 1. The van der Waals surface area contributed by atoms with Crippen molar-refractivity contribution in [2.24, 2.45) is 0 Å². The van der Waals surface area contributed by atoms with Gasteiger partial charge in [0.15, 0.2) is 5.60 Å². The maximum Gasteiger partial charge on any atom is 0.263 e. The number of hydrogen-bond acceptors (Lipinski definition) is 3. The van der Waals surface area contributed by atoms with E-state index in [1.54, 1.807) is 26.1 Å². The molecule has 1 amide bonds. The van der Waals surface area contributed by atoms with Crippen LogP contribution in [0.25, 0.3) is 0 Å². The summed E-state index contributed by atoms with van der Waals surface area (Å²) in [6.45, 7) is 1.78. The molecule has 88 valence electrons. The second kappa shape index (κ2) is 4.10. The molecule has 0 saturated heterocycles. The topological polar surface area (TPSA) is 62.1 Å². The standard InChI is InChI=1S/C13H14N2O2/c1-13(12(16)15-2)6-5-10-7-9(8-14)3-4-11(10)17-13/h3-4,7H,5-6H2,1-2H3,(H,15,16). The average molecular weight is 230 g/mol. The summed E-state index contributed by atoms with van der Waals surface area (Å²) < 4.78 is 5.75. The van der Waals surface area contributed by atoms with Crippen LogP contribution in [0.2, 0.25) is 0 Å². The first-order valence-electron chi connectivity index (χ1n) is 5.53. The number of nitrogens with one attached hydrogen (secondary N) is 1. The molecular formula is C13H14N2O2. The van der Waals surface area contributed by atoms with Crippen LogP contribution in [0, 0.1) is 11.3 Å². The minimum Gasteiger partial charge on any atom is -0.477 e. The van der Waals surface area contributed by atoms with Gasteiger partial charge in [-0.15, -0.1) is 0 Å². The van der Waals surface area contributed by atoms with E-state index in [1.165, 1.54) is 0 Å². The fourth-order valence-electron chi connectivity index (χ4n) is 2.04. The zero-order chi connectivity index (χ0) is 12.5. The number of carbonyl (C=O) groups is 1. The maximum atomic E-state index is 11.7. The van der Waals surface area contributed by atoms with Crippen LogP contribution in [-0.2, 0) is 11.2 Å². The lowest BCUT2D eigenvalue weighted by Crippen LogP contribution is -2.49. The molecule has 1 aliphatic heterocycles. The van der Waals surface area contributed by atoms with Crippen molar-refractivity contribution in [1.82, 2.24) is 5.32 Å². The molecule has 0 saturated carbocycles. The van der Waals surface area contributed by atoms with E-state index >= 15 is 0 Å². The number of aryl methyl sites for hydroxylation is 1. The van der Waals surface area contributed by atoms with Gasteiger partial charge in [-0.1, -0.05) is 0 Å². The van der Waals surface area contributed by atoms with Crippen molar-refractivity contribution in [2.75, 3.05) is 7.05 Å². The molecule has 4 nitrogen and oxygen atoms in total. The highest BCUT2D eigenvalue weighted by Gasteiger charge is 2.38. The van der Waals surface area contributed by atoms with Crippen LogP contribution in [-0.4, -0.2) is 18.6 Å². The fourth-order valence-corrected chi connectivity index (χ4v) is 2.04. The maximum absolute atomic E-state index is 11.7. The predicted molar refractivity (Wildman–Crippen MR) is 62.6 cm³/mol. The molecule has 0 aromatic heterocycles. The number of nitrogens with zero attached hydrogens (tertiary/aromatic N) is 1. The van der Waals surface area contributed by atoms with Crippen molar-refractivity contribution in [3.8, 4) is 11.8 Å². The third-order valence-electron chi connectivity index (χ3n) is 3.10. The number of carbonyl (C=O) groups excluding carboxylic acids is 1. The number of hydrogen-bond donors (Lipinski definition) is 1. The van der Waals surface area contributed by atoms with E-state index in [0.717, 1.165) is 12.0 Å². The molecule has 0 fully saturated rings. The molecule has 0 radical (unpaired) electrons. The molecule has 17 heavy (non-hydrogen) atoms. The van der Waals surface area contributed by atoms with Crippen molar-refractivity contribution in [2.45, 2.75) is 25.4 Å². The highest BCUT2D eigenvalue weighted by atomic mass is 16.5. The molecule has 1 aromatic rings. The lowest BCUT2D eigenvalue weighted by Gasteiger charge is -2.34. The van der Waals surface area contributed by atoms with Gasteiger partial charge in [0.25, 0.3) is 5.91 Å². The Labute approximate surface area is 100 Å². The summed E-state index contributed by atoms with van der Waals surface area (Å²) >= 11 is 0. The minimum atomic E-state index is -0.810. The fraction of sp³-hybridized carbons (Fsp3) is 0.385. The molecule has 1 aliphatic rings. The molecule has 0 aliphatic carbocycles. The van der Waals surface area contributed by atoms with E-state index in [1.807, 2.05) is 6.07 Å². The lowest BCUT2D eigenvalue weighted by atomic mass is 9.91. The largest absolute Gasteiger partial charge is 0.477 e. The first-order valence-corrected chi connectivity index (χ1v) is 5.53. The SMILES string of the molecule is CNC(=O)C1(C)CCc2cc(C#N)ccc2O1.